The molecule has 14 aromatic rings. The molecular weight excluding hydrogens is 885 g/mol. The molecule has 71 heavy (non-hydrogen) atoms. The van der Waals surface area contributed by atoms with E-state index in [9.17, 15) is 0 Å². The van der Waals surface area contributed by atoms with Crippen molar-refractivity contribution in [1.29, 1.82) is 0 Å². The third kappa shape index (κ3) is 5.25. The van der Waals surface area contributed by atoms with E-state index in [2.05, 4.69) is 226 Å². The largest absolute Gasteiger partial charge is 0.309 e. The molecule has 1 aliphatic heterocycles. The van der Waals surface area contributed by atoms with Crippen LogP contribution in [0.1, 0.15) is 22.3 Å². The van der Waals surface area contributed by atoms with Crippen molar-refractivity contribution in [3.8, 4) is 39.7 Å². The highest BCUT2D eigenvalue weighted by molar-refractivity contribution is 7.99. The summed E-state index contributed by atoms with van der Waals surface area (Å²) in [6, 6.07) is 77.5. The summed E-state index contributed by atoms with van der Waals surface area (Å²) in [5, 5.41) is 7.28. The molecule has 0 N–H and O–H groups in total. The molecule has 0 saturated carbocycles. The first kappa shape index (κ1) is 38.9. The van der Waals surface area contributed by atoms with E-state index in [0.29, 0.717) is 0 Å². The number of rotatable bonds is 4. The summed E-state index contributed by atoms with van der Waals surface area (Å²) in [6.45, 7) is 0. The Morgan fingerprint density at radius 1 is 0.324 bits per heavy atom. The van der Waals surface area contributed by atoms with Gasteiger partial charge in [-0.25, -0.2) is 4.98 Å². The second kappa shape index (κ2) is 14.5. The molecule has 2 aliphatic rings. The third-order valence-corrected chi connectivity index (χ3v) is 16.4. The average molecular weight is 923 g/mol. The van der Waals surface area contributed by atoms with Crippen LogP contribution in [0.2, 0.25) is 0 Å². The summed E-state index contributed by atoms with van der Waals surface area (Å²) >= 11 is 1.85. The second-order valence-corrected chi connectivity index (χ2v) is 19.8. The lowest BCUT2D eigenvalue weighted by atomic mass is 9.67. The number of benzene rings is 8. The van der Waals surface area contributed by atoms with Gasteiger partial charge in [0.05, 0.1) is 67.5 Å². The molecule has 1 spiro atoms. The van der Waals surface area contributed by atoms with E-state index in [-0.39, 0.29) is 0 Å². The maximum atomic E-state index is 5.38. The van der Waals surface area contributed by atoms with E-state index in [1.807, 2.05) is 30.4 Å². The summed E-state index contributed by atoms with van der Waals surface area (Å²) in [5.74, 6) is 0.871. The fraction of sp³-hybridized carbons (Fsp3) is 0.0156. The molecule has 7 heteroatoms. The fourth-order valence-electron chi connectivity index (χ4n) is 12.4. The van der Waals surface area contributed by atoms with Crippen LogP contribution in [0.4, 0.5) is 0 Å². The minimum atomic E-state index is -0.679. The first-order valence-corrected chi connectivity index (χ1v) is 24.9. The van der Waals surface area contributed by atoms with Crippen molar-refractivity contribution in [2.24, 2.45) is 0 Å². The topological polar surface area (TPSA) is 53.5 Å². The van der Waals surface area contributed by atoms with Crippen LogP contribution in [-0.4, -0.2) is 28.7 Å². The van der Waals surface area contributed by atoms with Gasteiger partial charge in [0, 0.05) is 66.1 Å². The van der Waals surface area contributed by atoms with E-state index in [0.717, 1.165) is 72.9 Å². The predicted molar refractivity (Wildman–Crippen MR) is 290 cm³/mol. The zero-order valence-electron chi connectivity index (χ0n) is 38.0. The number of aromatic nitrogens is 6. The van der Waals surface area contributed by atoms with Crippen molar-refractivity contribution < 1.29 is 0 Å². The van der Waals surface area contributed by atoms with Crippen LogP contribution >= 0.6 is 11.8 Å². The smallest absolute Gasteiger partial charge is 0.139 e. The molecule has 1 unspecified atom stereocenters. The number of hydrogen-bond donors (Lipinski definition) is 0. The Hall–Kier alpha value is -9.04. The summed E-state index contributed by atoms with van der Waals surface area (Å²) in [7, 11) is 0. The lowest BCUT2D eigenvalue weighted by molar-refractivity contribution is 0.719. The van der Waals surface area contributed by atoms with Gasteiger partial charge in [0.2, 0.25) is 0 Å². The van der Waals surface area contributed by atoms with Crippen molar-refractivity contribution in [1.82, 2.24) is 28.7 Å². The van der Waals surface area contributed by atoms with Gasteiger partial charge >= 0.3 is 0 Å². The highest BCUT2D eigenvalue weighted by atomic mass is 32.2. The van der Waals surface area contributed by atoms with Crippen LogP contribution in [-0.2, 0) is 5.41 Å². The lowest BCUT2D eigenvalue weighted by Crippen LogP contribution is -2.32. The summed E-state index contributed by atoms with van der Waals surface area (Å²) < 4.78 is 7.06. The first-order valence-electron chi connectivity index (χ1n) is 24.1. The molecule has 7 heterocycles. The maximum Gasteiger partial charge on any atom is 0.139 e. The van der Waals surface area contributed by atoms with Crippen LogP contribution < -0.4 is 0 Å². The molecule has 0 amide bonds. The zero-order chi connectivity index (χ0) is 46.4. The average Bonchev–Trinajstić information content (AvgIpc) is 4.15. The maximum absolute atomic E-state index is 5.38. The Balaban J connectivity index is 0.893. The fourth-order valence-corrected chi connectivity index (χ4v) is 13.5. The molecule has 0 radical (unpaired) electrons. The molecule has 0 saturated heterocycles. The molecule has 1 atom stereocenters. The number of pyridine rings is 3. The quantitative estimate of drug-likeness (QED) is 0.176. The summed E-state index contributed by atoms with van der Waals surface area (Å²) in [4.78, 5) is 18.0. The van der Waals surface area contributed by atoms with Gasteiger partial charge < -0.3 is 9.13 Å². The number of para-hydroxylation sites is 5. The normalized spacial score (nSPS) is 14.8. The Labute approximate surface area is 411 Å². The molecule has 6 nitrogen and oxygen atoms in total. The summed E-state index contributed by atoms with van der Waals surface area (Å²) in [6.07, 6.45) is 5.89. The van der Waals surface area contributed by atoms with Gasteiger partial charge in [-0.1, -0.05) is 139 Å². The van der Waals surface area contributed by atoms with Gasteiger partial charge in [-0.05, 0) is 107 Å². The SMILES string of the molecule is c1ccc2c(c1)Sc1ccc(-c3ccc4c(c3)c3ccccc3n4-c3cc(-n4c5ccccc5c5ccccc54)ccn3)cc1C21c2cccnc2-c2ncc(-n3c4ccccc4c4ccccc43)cc21. The monoisotopic (exact) mass is 922 g/mol. The van der Waals surface area contributed by atoms with Crippen molar-refractivity contribution in [2.75, 3.05) is 0 Å². The van der Waals surface area contributed by atoms with E-state index in [1.54, 1.807) is 0 Å². The molecule has 1 aliphatic carbocycles. The van der Waals surface area contributed by atoms with Gasteiger partial charge in [0.25, 0.3) is 0 Å². The van der Waals surface area contributed by atoms with Gasteiger partial charge in [-0.15, -0.1) is 0 Å². The Bertz CT molecular complexity index is 4490. The van der Waals surface area contributed by atoms with Crippen LogP contribution in [0.3, 0.4) is 0 Å². The highest BCUT2D eigenvalue weighted by Gasteiger charge is 2.52. The van der Waals surface area contributed by atoms with Crippen molar-refractivity contribution in [3.05, 3.63) is 253 Å². The third-order valence-electron chi connectivity index (χ3n) is 15.2. The Kier molecular flexibility index (Phi) is 7.94. The lowest BCUT2D eigenvalue weighted by Gasteiger charge is -2.39. The van der Waals surface area contributed by atoms with Crippen LogP contribution in [0, 0.1) is 0 Å². The van der Waals surface area contributed by atoms with E-state index < -0.39 is 5.41 Å². The Morgan fingerprint density at radius 3 is 1.54 bits per heavy atom. The zero-order valence-corrected chi connectivity index (χ0v) is 38.8. The summed E-state index contributed by atoms with van der Waals surface area (Å²) in [5.41, 5.74) is 17.2. The number of fused-ring (bicyclic) bond motifs is 18. The standard InChI is InChI=1S/C64H38N6S/c1-7-21-53-43(14-1)44-15-2-8-22-54(44)68(53)41-31-33-65-61(37-41)70-57-25-11-5-18-47(57)48-34-39(27-29-58(48)70)40-28-30-60-51(35-40)64(49-19-6-12-26-59(49)71-60)50-20-13-32-66-62(50)63-52(64)36-42(38-67-63)69-55-23-9-3-16-45(55)46-17-4-10-24-56(46)69/h1-38H. The van der Waals surface area contributed by atoms with Gasteiger partial charge in [-0.2, -0.15) is 0 Å². The first-order chi connectivity index (χ1) is 35.2. The Morgan fingerprint density at radius 2 is 0.845 bits per heavy atom. The molecule has 8 aromatic carbocycles. The van der Waals surface area contributed by atoms with Crippen LogP contribution in [0.25, 0.3) is 105 Å². The molecule has 0 bridgehead atoms. The molecule has 0 fully saturated rings. The van der Waals surface area contributed by atoms with Crippen LogP contribution in [0.15, 0.2) is 241 Å². The van der Waals surface area contributed by atoms with Gasteiger partial charge in [-0.3, -0.25) is 14.5 Å². The molecular formula is C64H38N6S. The molecule has 6 aromatic heterocycles. The molecule has 330 valence electrons. The predicted octanol–water partition coefficient (Wildman–Crippen LogP) is 15.7. The van der Waals surface area contributed by atoms with Crippen LogP contribution in [0.5, 0.6) is 0 Å². The highest BCUT2D eigenvalue weighted by Crippen LogP contribution is 2.62. The van der Waals surface area contributed by atoms with E-state index in [1.165, 1.54) is 64.3 Å². The van der Waals surface area contributed by atoms with Gasteiger partial charge in [0.15, 0.2) is 0 Å². The minimum absolute atomic E-state index is 0.679. The van der Waals surface area contributed by atoms with Gasteiger partial charge in [0.1, 0.15) is 5.82 Å². The van der Waals surface area contributed by atoms with E-state index in [4.69, 9.17) is 15.0 Å². The minimum Gasteiger partial charge on any atom is -0.309 e. The number of nitrogens with zero attached hydrogens (tertiary/aromatic N) is 6. The van der Waals surface area contributed by atoms with Crippen molar-refractivity contribution in [2.45, 2.75) is 15.2 Å². The van der Waals surface area contributed by atoms with Crippen molar-refractivity contribution >= 4 is 77.2 Å². The molecule has 16 rings (SSSR count). The second-order valence-electron chi connectivity index (χ2n) is 18.7. The van der Waals surface area contributed by atoms with Crippen molar-refractivity contribution in [3.63, 3.8) is 0 Å². The number of hydrogen-bond acceptors (Lipinski definition) is 4. The van der Waals surface area contributed by atoms with E-state index >= 15 is 0 Å².